The van der Waals surface area contributed by atoms with Crippen molar-refractivity contribution in [1.82, 2.24) is 4.98 Å². The number of aromatic nitrogens is 1. The molecule has 0 saturated heterocycles. The Hall–Kier alpha value is -2.16. The van der Waals surface area contributed by atoms with E-state index in [1.165, 1.54) is 0 Å². The van der Waals surface area contributed by atoms with Crippen molar-refractivity contribution in [3.05, 3.63) is 53.9 Å². The van der Waals surface area contributed by atoms with Gasteiger partial charge in [0.15, 0.2) is 0 Å². The second-order valence-electron chi connectivity index (χ2n) is 3.63. The summed E-state index contributed by atoms with van der Waals surface area (Å²) in [6.45, 7) is 1.88. The Labute approximate surface area is 93.4 Å². The van der Waals surface area contributed by atoms with Crippen molar-refractivity contribution in [1.29, 1.82) is 0 Å². The molecule has 80 valence electrons. The first-order valence-electron chi connectivity index (χ1n) is 4.92. The monoisotopic (exact) mass is 213 g/mol. The van der Waals surface area contributed by atoms with E-state index < -0.39 is 5.97 Å². The van der Waals surface area contributed by atoms with Crippen LogP contribution in [-0.2, 0) is 0 Å². The maximum atomic E-state index is 10.9. The predicted octanol–water partition coefficient (Wildman–Crippen LogP) is 2.76. The molecule has 0 spiro atoms. The molecule has 0 fully saturated rings. The summed E-state index contributed by atoms with van der Waals surface area (Å²) in [6, 6.07) is 9.00. The van der Waals surface area contributed by atoms with Crippen LogP contribution in [0, 0.1) is 6.92 Å². The van der Waals surface area contributed by atoms with Crippen molar-refractivity contribution < 1.29 is 9.90 Å². The molecule has 0 aliphatic carbocycles. The zero-order valence-corrected chi connectivity index (χ0v) is 8.84. The van der Waals surface area contributed by atoms with Crippen LogP contribution in [0.5, 0.6) is 0 Å². The average Bonchev–Trinajstić information content (AvgIpc) is 2.29. The van der Waals surface area contributed by atoms with Crippen molar-refractivity contribution in [3.8, 4) is 11.1 Å². The number of carboxylic acid groups (broad SMARTS) is 1. The van der Waals surface area contributed by atoms with E-state index >= 15 is 0 Å². The molecule has 3 heteroatoms. The standard InChI is InChI=1S/C13H11NO2/c1-9-5-11(7-12(6-9)13(15)16)10-3-2-4-14-8-10/h2-8H,1H3,(H,15,16). The smallest absolute Gasteiger partial charge is 0.335 e. The molecule has 3 nitrogen and oxygen atoms in total. The number of pyridine rings is 1. The van der Waals surface area contributed by atoms with Gasteiger partial charge in [-0.1, -0.05) is 12.1 Å². The van der Waals surface area contributed by atoms with Crippen LogP contribution in [0.15, 0.2) is 42.7 Å². The lowest BCUT2D eigenvalue weighted by Gasteiger charge is -2.04. The molecule has 0 aliphatic heterocycles. The number of hydrogen-bond acceptors (Lipinski definition) is 2. The fourth-order valence-electron chi connectivity index (χ4n) is 1.61. The number of benzene rings is 1. The first-order chi connectivity index (χ1) is 7.66. The lowest BCUT2D eigenvalue weighted by Crippen LogP contribution is -1.97. The van der Waals surface area contributed by atoms with Gasteiger partial charge in [0.25, 0.3) is 0 Å². The van der Waals surface area contributed by atoms with Gasteiger partial charge < -0.3 is 5.11 Å². The Bertz CT molecular complexity index is 521. The minimum absolute atomic E-state index is 0.304. The molecule has 2 rings (SSSR count). The normalized spacial score (nSPS) is 10.1. The number of aromatic carboxylic acids is 1. The maximum absolute atomic E-state index is 10.9. The number of carbonyl (C=O) groups is 1. The quantitative estimate of drug-likeness (QED) is 0.834. The lowest BCUT2D eigenvalue weighted by atomic mass is 10.0. The number of rotatable bonds is 2. The third kappa shape index (κ3) is 2.08. The number of hydrogen-bond donors (Lipinski definition) is 1. The van der Waals surface area contributed by atoms with Gasteiger partial charge in [-0.3, -0.25) is 4.98 Å². The molecule has 0 aliphatic rings. The molecule has 16 heavy (non-hydrogen) atoms. The van der Waals surface area contributed by atoms with Gasteiger partial charge in [0.2, 0.25) is 0 Å². The van der Waals surface area contributed by atoms with E-state index in [4.69, 9.17) is 5.11 Å². The van der Waals surface area contributed by atoms with Crippen LogP contribution < -0.4 is 0 Å². The van der Waals surface area contributed by atoms with Crippen LogP contribution in [0.25, 0.3) is 11.1 Å². The highest BCUT2D eigenvalue weighted by Crippen LogP contribution is 2.21. The first-order valence-corrected chi connectivity index (χ1v) is 4.92. The van der Waals surface area contributed by atoms with Gasteiger partial charge in [-0.05, 0) is 36.2 Å². The third-order valence-corrected chi connectivity index (χ3v) is 2.32. The van der Waals surface area contributed by atoms with Crippen LogP contribution in [-0.4, -0.2) is 16.1 Å². The summed E-state index contributed by atoms with van der Waals surface area (Å²) < 4.78 is 0. The summed E-state index contributed by atoms with van der Waals surface area (Å²) in [4.78, 5) is 14.9. The Morgan fingerprint density at radius 1 is 1.25 bits per heavy atom. The Morgan fingerprint density at radius 2 is 2.06 bits per heavy atom. The first kappa shape index (κ1) is 10.4. The lowest BCUT2D eigenvalue weighted by molar-refractivity contribution is 0.0697. The van der Waals surface area contributed by atoms with E-state index in [1.54, 1.807) is 24.5 Å². The van der Waals surface area contributed by atoms with E-state index in [-0.39, 0.29) is 0 Å². The van der Waals surface area contributed by atoms with Crippen molar-refractivity contribution in [2.75, 3.05) is 0 Å². The van der Waals surface area contributed by atoms with Crippen molar-refractivity contribution in [2.45, 2.75) is 6.92 Å². The van der Waals surface area contributed by atoms with Gasteiger partial charge in [0.05, 0.1) is 5.56 Å². The van der Waals surface area contributed by atoms with Gasteiger partial charge in [0, 0.05) is 18.0 Å². The zero-order chi connectivity index (χ0) is 11.5. The molecule has 1 aromatic carbocycles. The Balaban J connectivity index is 2.54. The molecule has 0 saturated carbocycles. The molecule has 1 N–H and O–H groups in total. The van der Waals surface area contributed by atoms with E-state index in [2.05, 4.69) is 4.98 Å². The van der Waals surface area contributed by atoms with Crippen LogP contribution in [0.1, 0.15) is 15.9 Å². The molecule has 1 heterocycles. The van der Waals surface area contributed by atoms with Crippen molar-refractivity contribution >= 4 is 5.97 Å². The zero-order valence-electron chi connectivity index (χ0n) is 8.84. The SMILES string of the molecule is Cc1cc(C(=O)O)cc(-c2cccnc2)c1. The number of aryl methyl sites for hydroxylation is 1. The van der Waals surface area contributed by atoms with Crippen LogP contribution in [0.3, 0.4) is 0 Å². The summed E-state index contributed by atoms with van der Waals surface area (Å²) >= 11 is 0. The maximum Gasteiger partial charge on any atom is 0.335 e. The number of nitrogens with zero attached hydrogens (tertiary/aromatic N) is 1. The van der Waals surface area contributed by atoms with Crippen molar-refractivity contribution in [3.63, 3.8) is 0 Å². The Morgan fingerprint density at radius 3 is 2.69 bits per heavy atom. The highest BCUT2D eigenvalue weighted by atomic mass is 16.4. The predicted molar refractivity (Wildman–Crippen MR) is 61.4 cm³/mol. The summed E-state index contributed by atoms with van der Waals surface area (Å²) in [6.07, 6.45) is 3.41. The molecule has 0 atom stereocenters. The summed E-state index contributed by atoms with van der Waals surface area (Å²) in [5.74, 6) is -0.908. The molecule has 0 unspecified atom stereocenters. The van der Waals surface area contributed by atoms with Gasteiger partial charge >= 0.3 is 5.97 Å². The summed E-state index contributed by atoms with van der Waals surface area (Å²) in [7, 11) is 0. The van der Waals surface area contributed by atoms with E-state index in [0.29, 0.717) is 5.56 Å². The Kier molecular flexibility index (Phi) is 2.68. The topological polar surface area (TPSA) is 50.2 Å². The highest BCUT2D eigenvalue weighted by molar-refractivity contribution is 5.89. The van der Waals surface area contributed by atoms with Gasteiger partial charge in [-0.15, -0.1) is 0 Å². The summed E-state index contributed by atoms with van der Waals surface area (Å²) in [5, 5.41) is 8.96. The highest BCUT2D eigenvalue weighted by Gasteiger charge is 2.06. The van der Waals surface area contributed by atoms with E-state index in [9.17, 15) is 4.79 Å². The molecule has 2 aromatic rings. The van der Waals surface area contributed by atoms with E-state index in [0.717, 1.165) is 16.7 Å². The molecule has 0 bridgehead atoms. The van der Waals surface area contributed by atoms with Crippen molar-refractivity contribution in [2.24, 2.45) is 0 Å². The van der Waals surface area contributed by atoms with Crippen LogP contribution in [0.2, 0.25) is 0 Å². The largest absolute Gasteiger partial charge is 0.478 e. The second-order valence-corrected chi connectivity index (χ2v) is 3.63. The van der Waals surface area contributed by atoms with E-state index in [1.807, 2.05) is 25.1 Å². The third-order valence-electron chi connectivity index (χ3n) is 2.32. The molecule has 1 aromatic heterocycles. The fraction of sp³-hybridized carbons (Fsp3) is 0.0769. The van der Waals surface area contributed by atoms with Gasteiger partial charge in [-0.2, -0.15) is 0 Å². The molecular weight excluding hydrogens is 202 g/mol. The van der Waals surface area contributed by atoms with Gasteiger partial charge in [-0.25, -0.2) is 4.79 Å². The average molecular weight is 213 g/mol. The van der Waals surface area contributed by atoms with Crippen LogP contribution >= 0.6 is 0 Å². The minimum atomic E-state index is -0.908. The van der Waals surface area contributed by atoms with Gasteiger partial charge in [0.1, 0.15) is 0 Å². The molecular formula is C13H11NO2. The van der Waals surface area contributed by atoms with Crippen LogP contribution in [0.4, 0.5) is 0 Å². The fourth-order valence-corrected chi connectivity index (χ4v) is 1.61. The minimum Gasteiger partial charge on any atom is -0.478 e. The summed E-state index contributed by atoms with van der Waals surface area (Å²) in [5.41, 5.74) is 3.04. The molecule has 0 radical (unpaired) electrons. The molecule has 0 amide bonds. The second kappa shape index (κ2) is 4.14. The number of carboxylic acids is 1.